The average molecular weight is 484 g/mol. The van der Waals surface area contributed by atoms with Crippen molar-refractivity contribution in [2.75, 3.05) is 20.1 Å². The van der Waals surface area contributed by atoms with Crippen molar-refractivity contribution in [1.29, 1.82) is 0 Å². The van der Waals surface area contributed by atoms with Gasteiger partial charge in [-0.25, -0.2) is 9.59 Å². The molecule has 4 rings (SSSR count). The third kappa shape index (κ3) is 6.16. The van der Waals surface area contributed by atoms with E-state index in [9.17, 15) is 9.59 Å². The number of likely N-dealkylation sites (N-methyl/N-ethyl adjacent to an activating group) is 1. The maximum atomic E-state index is 9.55. The molecule has 2 aromatic carbocycles. The van der Waals surface area contributed by atoms with Crippen molar-refractivity contribution in [3.63, 3.8) is 0 Å². The molecule has 31 heavy (non-hydrogen) atoms. The van der Waals surface area contributed by atoms with Crippen molar-refractivity contribution in [3.8, 4) is 11.5 Å². The van der Waals surface area contributed by atoms with Crippen LogP contribution in [0.25, 0.3) is 11.6 Å². The van der Waals surface area contributed by atoms with Gasteiger partial charge in [0.2, 0.25) is 0 Å². The first kappa shape index (κ1) is 22.5. The number of para-hydroxylation sites is 1. The number of aliphatic carboxylic acids is 2. The fourth-order valence-electron chi connectivity index (χ4n) is 3.27. The summed E-state index contributed by atoms with van der Waals surface area (Å²) < 4.78 is 7.26. The zero-order valence-electron chi connectivity index (χ0n) is 16.9. The van der Waals surface area contributed by atoms with Crippen LogP contribution >= 0.6 is 15.9 Å². The van der Waals surface area contributed by atoms with Gasteiger partial charge < -0.3 is 19.8 Å². The first-order valence-electron chi connectivity index (χ1n) is 9.64. The summed E-state index contributed by atoms with van der Waals surface area (Å²) in [5.41, 5.74) is 4.98. The summed E-state index contributed by atoms with van der Waals surface area (Å²) in [5.74, 6) is -0.677. The maximum Gasteiger partial charge on any atom is 0.328 e. The van der Waals surface area contributed by atoms with Crippen LogP contribution in [0.3, 0.4) is 0 Å². The summed E-state index contributed by atoms with van der Waals surface area (Å²) in [7, 11) is 2.16. The Bertz CT molecular complexity index is 1070. The van der Waals surface area contributed by atoms with E-state index in [2.05, 4.69) is 58.2 Å². The predicted molar refractivity (Wildman–Crippen MR) is 123 cm³/mol. The zero-order valence-corrected chi connectivity index (χ0v) is 18.5. The number of carboxylic acid groups (broad SMARTS) is 2. The lowest BCUT2D eigenvalue weighted by Gasteiger charge is -2.24. The van der Waals surface area contributed by atoms with Gasteiger partial charge in [0, 0.05) is 40.8 Å². The normalized spacial score (nSPS) is 15.3. The molecule has 2 aliphatic rings. The van der Waals surface area contributed by atoms with E-state index in [0.29, 0.717) is 12.2 Å². The highest BCUT2D eigenvalue weighted by Gasteiger charge is 2.21. The number of nitrogens with zero attached hydrogens (tertiary/aromatic N) is 1. The Labute approximate surface area is 188 Å². The number of hydrogen-bond acceptors (Lipinski definition) is 4. The molecule has 2 aliphatic heterocycles. The summed E-state index contributed by atoms with van der Waals surface area (Å²) in [6.45, 7) is 2.09. The van der Waals surface area contributed by atoms with Gasteiger partial charge in [0.05, 0.1) is 0 Å². The quantitative estimate of drug-likeness (QED) is 0.592. The van der Waals surface area contributed by atoms with Crippen LogP contribution in [0.5, 0.6) is 11.5 Å². The maximum absolute atomic E-state index is 9.55. The van der Waals surface area contributed by atoms with Crippen molar-refractivity contribution < 1.29 is 24.5 Å². The van der Waals surface area contributed by atoms with Gasteiger partial charge >= 0.3 is 11.9 Å². The average Bonchev–Trinajstić information content (AvgIpc) is 2.90. The predicted octanol–water partition coefficient (Wildman–Crippen LogP) is 5.07. The third-order valence-corrected chi connectivity index (χ3v) is 5.29. The van der Waals surface area contributed by atoms with Gasteiger partial charge in [0.1, 0.15) is 11.5 Å². The fourth-order valence-corrected chi connectivity index (χ4v) is 3.63. The number of carbonyl (C=O) groups is 2. The smallest absolute Gasteiger partial charge is 0.328 e. The Morgan fingerprint density at radius 2 is 1.77 bits per heavy atom. The van der Waals surface area contributed by atoms with E-state index in [1.54, 1.807) is 0 Å². The minimum atomic E-state index is -1.26. The fraction of sp³-hybridized carbons (Fsp3) is 0.167. The molecule has 0 saturated heterocycles. The van der Waals surface area contributed by atoms with E-state index in [1.807, 2.05) is 24.3 Å². The molecule has 0 fully saturated rings. The molecule has 160 valence electrons. The lowest BCUT2D eigenvalue weighted by molar-refractivity contribution is -0.134. The second-order valence-corrected chi connectivity index (χ2v) is 8.01. The number of rotatable bonds is 3. The van der Waals surface area contributed by atoms with Crippen LogP contribution in [-0.4, -0.2) is 47.2 Å². The van der Waals surface area contributed by atoms with Crippen LogP contribution < -0.4 is 4.74 Å². The van der Waals surface area contributed by atoms with E-state index in [-0.39, 0.29) is 0 Å². The highest BCUT2D eigenvalue weighted by atomic mass is 79.9. The van der Waals surface area contributed by atoms with Gasteiger partial charge in [0.25, 0.3) is 0 Å². The minimum absolute atomic E-state index is 0.558. The van der Waals surface area contributed by atoms with E-state index in [0.717, 1.165) is 46.6 Å². The molecule has 0 radical (unpaired) electrons. The Hall–Kier alpha value is -3.16. The largest absolute Gasteiger partial charge is 0.478 e. The Morgan fingerprint density at radius 3 is 2.42 bits per heavy atom. The molecule has 0 bridgehead atoms. The minimum Gasteiger partial charge on any atom is -0.478 e. The van der Waals surface area contributed by atoms with E-state index < -0.39 is 11.9 Å². The molecule has 2 aromatic rings. The molecule has 0 saturated carbocycles. The van der Waals surface area contributed by atoms with Crippen molar-refractivity contribution >= 4 is 39.5 Å². The molecule has 7 heteroatoms. The molecular formula is C24H22BrNO5. The third-order valence-electron chi connectivity index (χ3n) is 4.80. The Morgan fingerprint density at radius 1 is 1.06 bits per heavy atom. The van der Waals surface area contributed by atoms with E-state index >= 15 is 0 Å². The molecule has 0 aliphatic carbocycles. The van der Waals surface area contributed by atoms with E-state index in [1.165, 1.54) is 11.1 Å². The van der Waals surface area contributed by atoms with Crippen molar-refractivity contribution in [2.24, 2.45) is 0 Å². The van der Waals surface area contributed by atoms with Crippen LogP contribution in [0.15, 0.2) is 70.7 Å². The lowest BCUT2D eigenvalue weighted by atomic mass is 9.91. The zero-order chi connectivity index (χ0) is 22.4. The van der Waals surface area contributed by atoms with Gasteiger partial charge in [-0.05, 0) is 55.0 Å². The van der Waals surface area contributed by atoms with Gasteiger partial charge in [-0.2, -0.15) is 0 Å². The number of fused-ring (bicyclic) bond motifs is 2. The summed E-state index contributed by atoms with van der Waals surface area (Å²) in [6, 6.07) is 14.5. The van der Waals surface area contributed by atoms with Crippen molar-refractivity contribution in [2.45, 2.75) is 6.42 Å². The standard InChI is InChI=1S/C20H18BrNO.C4H4O4/c1-22-10-8-14(9-11-22)17-12-15-4-2-3-5-19(15)23-20-7-6-16(21)13-18(17)20;5-3(6)1-2-4(7)8/h2-8,12-13H,9-11H2,1H3;1-2H,(H,5,6)(H,7,8)/b;2-1-. The molecule has 0 amide bonds. The van der Waals surface area contributed by atoms with Crippen LogP contribution in [0.2, 0.25) is 0 Å². The molecule has 0 unspecified atom stereocenters. The molecular weight excluding hydrogens is 462 g/mol. The van der Waals surface area contributed by atoms with Gasteiger partial charge in [-0.1, -0.05) is 40.2 Å². The monoisotopic (exact) mass is 483 g/mol. The van der Waals surface area contributed by atoms with Gasteiger partial charge in [-0.3, -0.25) is 0 Å². The molecule has 0 spiro atoms. The molecule has 2 heterocycles. The first-order chi connectivity index (χ1) is 14.8. The number of allylic oxidation sites excluding steroid dienone is 1. The van der Waals surface area contributed by atoms with Crippen molar-refractivity contribution in [3.05, 3.63) is 81.9 Å². The molecule has 0 atom stereocenters. The van der Waals surface area contributed by atoms with Gasteiger partial charge in [0.15, 0.2) is 0 Å². The van der Waals surface area contributed by atoms with Crippen LogP contribution in [-0.2, 0) is 9.59 Å². The van der Waals surface area contributed by atoms with Crippen LogP contribution in [0.4, 0.5) is 0 Å². The summed E-state index contributed by atoms with van der Waals surface area (Å²) in [6.07, 6.45) is 6.79. The van der Waals surface area contributed by atoms with Crippen LogP contribution in [0, 0.1) is 0 Å². The second kappa shape index (κ2) is 10.2. The Balaban J connectivity index is 0.000000293. The SMILES string of the molecule is CN1CC=C(C2=Cc3ccccc3Oc3ccc(Br)cc32)CC1.O=C(O)/C=C\C(=O)O. The second-order valence-electron chi connectivity index (χ2n) is 7.09. The van der Waals surface area contributed by atoms with Crippen molar-refractivity contribution in [1.82, 2.24) is 4.90 Å². The first-order valence-corrected chi connectivity index (χ1v) is 10.4. The van der Waals surface area contributed by atoms with E-state index in [4.69, 9.17) is 14.9 Å². The lowest BCUT2D eigenvalue weighted by Crippen LogP contribution is -2.24. The number of halogens is 1. The highest BCUT2D eigenvalue weighted by Crippen LogP contribution is 2.42. The number of hydrogen-bond donors (Lipinski definition) is 2. The molecule has 2 N–H and O–H groups in total. The highest BCUT2D eigenvalue weighted by molar-refractivity contribution is 9.10. The molecule has 0 aromatic heterocycles. The molecule has 6 nitrogen and oxygen atoms in total. The number of ether oxygens (including phenoxy) is 1. The topological polar surface area (TPSA) is 87.1 Å². The number of carboxylic acids is 2. The summed E-state index contributed by atoms with van der Waals surface area (Å²) in [4.78, 5) is 21.4. The Kier molecular flexibility index (Phi) is 7.44. The van der Waals surface area contributed by atoms with Crippen LogP contribution in [0.1, 0.15) is 17.5 Å². The summed E-state index contributed by atoms with van der Waals surface area (Å²) >= 11 is 3.60. The summed E-state index contributed by atoms with van der Waals surface area (Å²) in [5, 5.41) is 15.6. The number of benzene rings is 2. The van der Waals surface area contributed by atoms with Gasteiger partial charge in [-0.15, -0.1) is 0 Å².